The Kier molecular flexibility index (Phi) is 2.98. The molecular weight excluding hydrogens is 196 g/mol. The van der Waals surface area contributed by atoms with Gasteiger partial charge in [-0.15, -0.1) is 0 Å². The first-order valence-electron chi connectivity index (χ1n) is 5.29. The van der Waals surface area contributed by atoms with Crippen LogP contribution in [0.1, 0.15) is 18.2 Å². The molecule has 0 amide bonds. The fourth-order valence-corrected chi connectivity index (χ4v) is 1.56. The molecule has 1 aromatic heterocycles. The van der Waals surface area contributed by atoms with Gasteiger partial charge in [0.1, 0.15) is 11.8 Å². The Balaban J connectivity index is 2.32. The number of aromatic nitrogens is 1. The van der Waals surface area contributed by atoms with Crippen LogP contribution in [0.5, 0.6) is 0 Å². The van der Waals surface area contributed by atoms with Gasteiger partial charge in [-0.2, -0.15) is 5.26 Å². The molecule has 0 saturated heterocycles. The lowest BCUT2D eigenvalue weighted by Gasteiger charge is -2.02. The molecule has 2 nitrogen and oxygen atoms in total. The normalized spacial score (nSPS) is 9.75. The Labute approximate surface area is 95.2 Å². The highest BCUT2D eigenvalue weighted by Gasteiger charge is 1.98. The van der Waals surface area contributed by atoms with Crippen molar-refractivity contribution in [2.45, 2.75) is 13.3 Å². The van der Waals surface area contributed by atoms with Gasteiger partial charge in [-0.1, -0.05) is 31.2 Å². The minimum Gasteiger partial charge on any atom is -0.245 e. The van der Waals surface area contributed by atoms with Gasteiger partial charge in [0, 0.05) is 11.8 Å². The predicted molar refractivity (Wildman–Crippen MR) is 63.8 cm³/mol. The number of benzene rings is 1. The molecule has 1 heterocycles. The molecule has 0 aliphatic heterocycles. The monoisotopic (exact) mass is 208 g/mol. The van der Waals surface area contributed by atoms with Crippen molar-refractivity contribution in [2.75, 3.05) is 0 Å². The number of hydrogen-bond acceptors (Lipinski definition) is 2. The fourth-order valence-electron chi connectivity index (χ4n) is 1.56. The molecule has 0 spiro atoms. The number of rotatable bonds is 2. The molecule has 2 aromatic rings. The number of nitrogens with zero attached hydrogens (tertiary/aromatic N) is 2. The van der Waals surface area contributed by atoms with E-state index < -0.39 is 0 Å². The van der Waals surface area contributed by atoms with Crippen molar-refractivity contribution >= 4 is 0 Å². The van der Waals surface area contributed by atoms with Crippen LogP contribution < -0.4 is 0 Å². The molecule has 0 bridgehead atoms. The van der Waals surface area contributed by atoms with Crippen molar-refractivity contribution in [3.8, 4) is 17.2 Å². The van der Waals surface area contributed by atoms with E-state index in [1.807, 2.05) is 12.1 Å². The molecule has 2 heteroatoms. The first-order chi connectivity index (χ1) is 7.83. The van der Waals surface area contributed by atoms with E-state index in [9.17, 15) is 0 Å². The molecule has 2 rings (SSSR count). The van der Waals surface area contributed by atoms with Gasteiger partial charge in [-0.25, -0.2) is 4.98 Å². The molecule has 0 aliphatic carbocycles. The maximum atomic E-state index is 8.65. The zero-order chi connectivity index (χ0) is 11.4. The van der Waals surface area contributed by atoms with Crippen LogP contribution in [-0.2, 0) is 6.42 Å². The summed E-state index contributed by atoms with van der Waals surface area (Å²) in [4.78, 5) is 4.06. The van der Waals surface area contributed by atoms with Crippen LogP contribution in [0.4, 0.5) is 0 Å². The van der Waals surface area contributed by atoms with Gasteiger partial charge in [-0.3, -0.25) is 0 Å². The average molecular weight is 208 g/mol. The molecule has 0 atom stereocenters. The lowest BCUT2D eigenvalue weighted by atomic mass is 10.0. The lowest BCUT2D eigenvalue weighted by molar-refractivity contribution is 1.14. The number of pyridine rings is 1. The van der Waals surface area contributed by atoms with Crippen LogP contribution in [0.25, 0.3) is 11.1 Å². The quantitative estimate of drug-likeness (QED) is 0.760. The summed E-state index contributed by atoms with van der Waals surface area (Å²) in [6.45, 7) is 2.14. The third kappa shape index (κ3) is 2.09. The first-order valence-corrected chi connectivity index (χ1v) is 5.29. The molecule has 16 heavy (non-hydrogen) atoms. The highest BCUT2D eigenvalue weighted by Crippen LogP contribution is 2.19. The van der Waals surface area contributed by atoms with Gasteiger partial charge >= 0.3 is 0 Å². The first kappa shape index (κ1) is 10.4. The number of nitriles is 1. The summed E-state index contributed by atoms with van der Waals surface area (Å²) in [6.07, 6.45) is 2.78. The minimum atomic E-state index is 0.453. The maximum Gasteiger partial charge on any atom is 0.140 e. The SMILES string of the molecule is CCc1ccc(-c2ccc(C#N)nc2)cc1. The molecule has 0 aliphatic rings. The third-order valence-corrected chi connectivity index (χ3v) is 2.57. The molecule has 1 aromatic carbocycles. The molecule has 78 valence electrons. The minimum absolute atomic E-state index is 0.453. The zero-order valence-corrected chi connectivity index (χ0v) is 9.14. The Morgan fingerprint density at radius 1 is 1.06 bits per heavy atom. The second-order valence-electron chi connectivity index (χ2n) is 3.59. The van der Waals surface area contributed by atoms with Gasteiger partial charge in [-0.05, 0) is 29.7 Å². The van der Waals surface area contributed by atoms with E-state index >= 15 is 0 Å². The van der Waals surface area contributed by atoms with Crippen LogP contribution in [0.3, 0.4) is 0 Å². The number of aryl methyl sites for hydroxylation is 1. The highest BCUT2D eigenvalue weighted by atomic mass is 14.7. The van der Waals surface area contributed by atoms with E-state index in [1.165, 1.54) is 5.56 Å². The molecule has 0 unspecified atom stereocenters. The fraction of sp³-hybridized carbons (Fsp3) is 0.143. The van der Waals surface area contributed by atoms with Crippen molar-refractivity contribution in [3.63, 3.8) is 0 Å². The van der Waals surface area contributed by atoms with E-state index in [1.54, 1.807) is 12.3 Å². The molecule has 0 N–H and O–H groups in total. The lowest BCUT2D eigenvalue weighted by Crippen LogP contribution is -1.85. The van der Waals surface area contributed by atoms with Gasteiger partial charge in [0.05, 0.1) is 0 Å². The van der Waals surface area contributed by atoms with Crippen molar-refractivity contribution in [1.29, 1.82) is 5.26 Å². The van der Waals surface area contributed by atoms with Crippen LogP contribution in [0, 0.1) is 11.3 Å². The summed E-state index contributed by atoms with van der Waals surface area (Å²) in [7, 11) is 0. The topological polar surface area (TPSA) is 36.7 Å². The van der Waals surface area contributed by atoms with Crippen molar-refractivity contribution < 1.29 is 0 Å². The van der Waals surface area contributed by atoms with Crippen molar-refractivity contribution in [1.82, 2.24) is 4.98 Å². The van der Waals surface area contributed by atoms with Crippen molar-refractivity contribution in [3.05, 3.63) is 53.9 Å². The van der Waals surface area contributed by atoms with Gasteiger partial charge in [0.15, 0.2) is 0 Å². The zero-order valence-electron chi connectivity index (χ0n) is 9.14. The van der Waals surface area contributed by atoms with E-state index in [0.29, 0.717) is 5.69 Å². The summed E-state index contributed by atoms with van der Waals surface area (Å²) in [5, 5.41) is 8.65. The smallest absolute Gasteiger partial charge is 0.140 e. The molecule has 0 saturated carbocycles. The van der Waals surface area contributed by atoms with E-state index in [-0.39, 0.29) is 0 Å². The standard InChI is InChI=1S/C14H12N2/c1-2-11-3-5-12(6-4-11)13-7-8-14(9-15)16-10-13/h3-8,10H,2H2,1H3. The highest BCUT2D eigenvalue weighted by molar-refractivity contribution is 5.63. The number of hydrogen-bond donors (Lipinski definition) is 0. The van der Waals surface area contributed by atoms with E-state index in [0.717, 1.165) is 17.5 Å². The second kappa shape index (κ2) is 4.59. The Morgan fingerprint density at radius 3 is 2.25 bits per heavy atom. The van der Waals surface area contributed by atoms with Gasteiger partial charge in [0.2, 0.25) is 0 Å². The van der Waals surface area contributed by atoms with E-state index in [4.69, 9.17) is 5.26 Å². The van der Waals surface area contributed by atoms with Crippen molar-refractivity contribution in [2.24, 2.45) is 0 Å². The predicted octanol–water partition coefficient (Wildman–Crippen LogP) is 3.18. The van der Waals surface area contributed by atoms with Crippen LogP contribution in [0.15, 0.2) is 42.6 Å². The summed E-state index contributed by atoms with van der Waals surface area (Å²) in [6, 6.07) is 14.1. The summed E-state index contributed by atoms with van der Waals surface area (Å²) in [5.41, 5.74) is 3.95. The van der Waals surface area contributed by atoms with E-state index in [2.05, 4.69) is 36.2 Å². The summed E-state index contributed by atoms with van der Waals surface area (Å²) >= 11 is 0. The average Bonchev–Trinajstić information content (AvgIpc) is 2.39. The Bertz CT molecular complexity index is 504. The van der Waals surface area contributed by atoms with Crippen LogP contribution >= 0.6 is 0 Å². The molecule has 0 fully saturated rings. The molecule has 0 radical (unpaired) electrons. The van der Waals surface area contributed by atoms with Gasteiger partial charge < -0.3 is 0 Å². The summed E-state index contributed by atoms with van der Waals surface area (Å²) in [5.74, 6) is 0. The van der Waals surface area contributed by atoms with Crippen LogP contribution in [-0.4, -0.2) is 4.98 Å². The van der Waals surface area contributed by atoms with Gasteiger partial charge in [0.25, 0.3) is 0 Å². The summed E-state index contributed by atoms with van der Waals surface area (Å²) < 4.78 is 0. The largest absolute Gasteiger partial charge is 0.245 e. The van der Waals surface area contributed by atoms with Crippen LogP contribution in [0.2, 0.25) is 0 Å². The maximum absolute atomic E-state index is 8.65. The second-order valence-corrected chi connectivity index (χ2v) is 3.59. The molecular formula is C14H12N2. The third-order valence-electron chi connectivity index (χ3n) is 2.57. The Morgan fingerprint density at radius 2 is 1.75 bits per heavy atom. The Hall–Kier alpha value is -2.14.